The molecule has 4 aromatic rings. The molecule has 264 valence electrons. The van der Waals surface area contributed by atoms with Crippen LogP contribution in [0.2, 0.25) is 0 Å². The molecule has 0 radical (unpaired) electrons. The first-order chi connectivity index (χ1) is 24.2. The average Bonchev–Trinajstić information content (AvgIpc) is 3.59. The number of aryl methyl sites for hydroxylation is 1. The summed E-state index contributed by atoms with van der Waals surface area (Å²) in [6.07, 6.45) is 1.72. The third kappa shape index (κ3) is 9.04. The number of aliphatic hydroxyl groups excluding tert-OH is 2. The summed E-state index contributed by atoms with van der Waals surface area (Å²) in [6, 6.07) is 29.7. The zero-order valence-electron chi connectivity index (χ0n) is 28.1. The van der Waals surface area contributed by atoms with Crippen LogP contribution in [0.15, 0.2) is 108 Å². The van der Waals surface area contributed by atoms with Crippen molar-refractivity contribution < 1.29 is 32.9 Å². The molecule has 11 heteroatoms. The number of likely N-dealkylation sites (tertiary alicyclic amines) is 1. The smallest absolute Gasteiger partial charge is 0.242 e. The average molecular weight is 700 g/mol. The molecule has 2 fully saturated rings. The number of aliphatic hydroxyl groups is 2. The van der Waals surface area contributed by atoms with Crippen LogP contribution in [0, 0.1) is 6.92 Å². The normalized spacial score (nSPS) is 21.9. The predicted octanol–water partition coefficient (Wildman–Crippen LogP) is 5.02. The molecule has 6 rings (SSSR count). The van der Waals surface area contributed by atoms with Crippen LogP contribution in [-0.2, 0) is 37.3 Å². The van der Waals surface area contributed by atoms with E-state index in [0.29, 0.717) is 18.7 Å². The monoisotopic (exact) mass is 699 g/mol. The van der Waals surface area contributed by atoms with Gasteiger partial charge in [-0.1, -0.05) is 84.4 Å². The van der Waals surface area contributed by atoms with Crippen LogP contribution in [0.25, 0.3) is 0 Å². The van der Waals surface area contributed by atoms with Crippen LogP contribution in [0.5, 0.6) is 0 Å². The van der Waals surface area contributed by atoms with Crippen molar-refractivity contribution in [2.45, 2.75) is 74.7 Å². The van der Waals surface area contributed by atoms with Gasteiger partial charge in [0.1, 0.15) is 6.04 Å². The summed E-state index contributed by atoms with van der Waals surface area (Å²) in [5.41, 5.74) is 4.82. The molecule has 5 unspecified atom stereocenters. The second kappa shape index (κ2) is 16.4. The molecule has 2 aliphatic heterocycles. The van der Waals surface area contributed by atoms with Crippen molar-refractivity contribution in [1.82, 2.24) is 9.62 Å². The van der Waals surface area contributed by atoms with Crippen molar-refractivity contribution in [2.75, 3.05) is 25.0 Å². The Balaban J connectivity index is 1.18. The van der Waals surface area contributed by atoms with Crippen molar-refractivity contribution in [3.63, 3.8) is 0 Å². The maximum atomic E-state index is 13.6. The molecule has 5 atom stereocenters. The Morgan fingerprint density at radius 2 is 1.58 bits per heavy atom. The van der Waals surface area contributed by atoms with Crippen LogP contribution in [0.3, 0.4) is 0 Å². The van der Waals surface area contributed by atoms with Gasteiger partial charge in [-0.05, 0) is 73.7 Å². The minimum absolute atomic E-state index is 0.0355. The first-order valence-electron chi connectivity index (χ1n) is 17.1. The minimum Gasteiger partial charge on any atom is -0.395 e. The van der Waals surface area contributed by atoms with Gasteiger partial charge in [0.25, 0.3) is 0 Å². The molecule has 2 saturated heterocycles. The Hall–Kier alpha value is -3.94. The predicted molar refractivity (Wildman–Crippen MR) is 191 cm³/mol. The van der Waals surface area contributed by atoms with Crippen LogP contribution in [0.1, 0.15) is 59.5 Å². The van der Waals surface area contributed by atoms with Gasteiger partial charge in [-0.3, -0.25) is 9.69 Å². The van der Waals surface area contributed by atoms with E-state index < -0.39 is 28.3 Å². The zero-order chi connectivity index (χ0) is 35.1. The highest BCUT2D eigenvalue weighted by Gasteiger charge is 2.35. The van der Waals surface area contributed by atoms with E-state index in [1.807, 2.05) is 73.7 Å². The second-order valence-corrected chi connectivity index (χ2v) is 14.8. The summed E-state index contributed by atoms with van der Waals surface area (Å²) in [7, 11) is -3.98. The molecule has 0 aromatic heterocycles. The molecule has 0 bridgehead atoms. The molecular formula is C39H45N3O7S. The number of hydrogen-bond acceptors (Lipinski definition) is 8. The summed E-state index contributed by atoms with van der Waals surface area (Å²) >= 11 is 0. The number of ether oxygens (including phenoxy) is 2. The lowest BCUT2D eigenvalue weighted by atomic mass is 9.99. The van der Waals surface area contributed by atoms with Gasteiger partial charge in [0.15, 0.2) is 6.29 Å². The van der Waals surface area contributed by atoms with Crippen molar-refractivity contribution in [2.24, 2.45) is 0 Å². The summed E-state index contributed by atoms with van der Waals surface area (Å²) in [4.78, 5) is 16.0. The second-order valence-electron chi connectivity index (χ2n) is 13.1. The summed E-state index contributed by atoms with van der Waals surface area (Å²) < 4.78 is 42.2. The number of nitrogens with one attached hydrogen (secondary N) is 2. The van der Waals surface area contributed by atoms with Gasteiger partial charge in [0.2, 0.25) is 15.9 Å². The van der Waals surface area contributed by atoms with Gasteiger partial charge in [0, 0.05) is 30.3 Å². The Morgan fingerprint density at radius 1 is 0.880 bits per heavy atom. The van der Waals surface area contributed by atoms with Crippen LogP contribution < -0.4 is 10.0 Å². The van der Waals surface area contributed by atoms with Gasteiger partial charge in [-0.15, -0.1) is 0 Å². The van der Waals surface area contributed by atoms with E-state index in [4.69, 9.17) is 9.47 Å². The topological polar surface area (TPSA) is 137 Å². The Labute approximate surface area is 294 Å². The third-order valence-electron chi connectivity index (χ3n) is 9.44. The molecule has 0 saturated carbocycles. The standard InChI is InChI=1S/C39H45N3O7S/c1-27-9-19-35(20-10-27)50(46,47)41-36(22-28-6-3-2-4-7-28)38(45)40-32-17-15-31(16-18-32)39-48-34(24-42-21-5-8-33(42)26-44)23-37(49-39)30-13-11-29(25-43)12-14-30/h2-4,6-7,9-20,33-34,36-37,39,41,43-44H,5,8,21-26H2,1H3,(H,40,45). The quantitative estimate of drug-likeness (QED) is 0.153. The first kappa shape index (κ1) is 35.9. The van der Waals surface area contributed by atoms with Gasteiger partial charge in [-0.25, -0.2) is 8.42 Å². The Morgan fingerprint density at radius 3 is 2.26 bits per heavy atom. The lowest BCUT2D eigenvalue weighted by molar-refractivity contribution is -0.253. The maximum Gasteiger partial charge on any atom is 0.242 e. The lowest BCUT2D eigenvalue weighted by Crippen LogP contribution is -2.45. The molecule has 1 amide bonds. The van der Waals surface area contributed by atoms with Crippen molar-refractivity contribution in [3.05, 3.63) is 131 Å². The van der Waals surface area contributed by atoms with Crippen LogP contribution >= 0.6 is 0 Å². The molecule has 4 aromatic carbocycles. The van der Waals surface area contributed by atoms with Crippen molar-refractivity contribution in [3.8, 4) is 0 Å². The summed E-state index contributed by atoms with van der Waals surface area (Å²) in [5, 5.41) is 22.3. The molecule has 0 spiro atoms. The largest absolute Gasteiger partial charge is 0.395 e. The number of nitrogens with zero attached hydrogens (tertiary/aromatic N) is 1. The van der Waals surface area contributed by atoms with Crippen molar-refractivity contribution in [1.29, 1.82) is 0 Å². The van der Waals surface area contributed by atoms with Gasteiger partial charge in [-0.2, -0.15) is 4.72 Å². The number of rotatable bonds is 13. The highest BCUT2D eigenvalue weighted by Crippen LogP contribution is 2.39. The number of benzene rings is 4. The number of anilines is 1. The maximum absolute atomic E-state index is 13.6. The Kier molecular flexibility index (Phi) is 11.8. The van der Waals surface area contributed by atoms with Crippen molar-refractivity contribution >= 4 is 21.6 Å². The zero-order valence-corrected chi connectivity index (χ0v) is 29.0. The summed E-state index contributed by atoms with van der Waals surface area (Å²) in [6.45, 7) is 3.54. The molecule has 0 aliphatic carbocycles. The van der Waals surface area contributed by atoms with Gasteiger partial charge < -0.3 is 25.0 Å². The van der Waals surface area contributed by atoms with E-state index in [-0.39, 0.29) is 42.8 Å². The van der Waals surface area contributed by atoms with Gasteiger partial charge >= 0.3 is 0 Å². The minimum atomic E-state index is -3.98. The van der Waals surface area contributed by atoms with E-state index in [1.165, 1.54) is 12.1 Å². The molecule has 4 N–H and O–H groups in total. The van der Waals surface area contributed by atoms with Crippen LogP contribution in [0.4, 0.5) is 5.69 Å². The molecule has 2 heterocycles. The number of hydrogen-bond donors (Lipinski definition) is 4. The van der Waals surface area contributed by atoms with E-state index in [9.17, 15) is 23.4 Å². The fraction of sp³-hybridized carbons (Fsp3) is 0.359. The number of amides is 1. The van der Waals surface area contributed by atoms with Gasteiger partial charge in [0.05, 0.1) is 30.3 Å². The fourth-order valence-electron chi connectivity index (χ4n) is 6.60. The lowest BCUT2D eigenvalue weighted by Gasteiger charge is -2.38. The first-order valence-corrected chi connectivity index (χ1v) is 18.6. The van der Waals surface area contributed by atoms with E-state index >= 15 is 0 Å². The molecule has 2 aliphatic rings. The fourth-order valence-corrected chi connectivity index (χ4v) is 7.80. The molecule has 50 heavy (non-hydrogen) atoms. The Bertz CT molecular complexity index is 1800. The van der Waals surface area contributed by atoms with E-state index in [2.05, 4.69) is 14.9 Å². The molecular weight excluding hydrogens is 655 g/mol. The summed E-state index contributed by atoms with van der Waals surface area (Å²) in [5.74, 6) is -0.488. The SMILES string of the molecule is Cc1ccc(S(=O)(=O)NC(Cc2ccccc2)C(=O)Nc2ccc(C3OC(CN4CCCC4CO)CC(c4ccc(CO)cc4)O3)cc2)cc1. The van der Waals surface area contributed by atoms with Crippen LogP contribution in [-0.4, -0.2) is 67.3 Å². The van der Waals surface area contributed by atoms with E-state index in [0.717, 1.165) is 47.2 Å². The molecule has 10 nitrogen and oxygen atoms in total. The number of sulfonamides is 1. The third-order valence-corrected chi connectivity index (χ3v) is 10.9. The number of carbonyl (C=O) groups is 1. The number of carbonyl (C=O) groups excluding carboxylic acids is 1. The highest BCUT2D eigenvalue weighted by atomic mass is 32.2. The van der Waals surface area contributed by atoms with E-state index in [1.54, 1.807) is 24.3 Å². The highest BCUT2D eigenvalue weighted by molar-refractivity contribution is 7.89.